The van der Waals surface area contributed by atoms with Gasteiger partial charge in [0.05, 0.1) is 5.56 Å². The molecule has 1 aliphatic heterocycles. The van der Waals surface area contributed by atoms with Gasteiger partial charge in [-0.15, -0.1) is 0 Å². The third kappa shape index (κ3) is 2.75. The number of nitrogens with zero attached hydrogens (tertiary/aromatic N) is 2. The van der Waals surface area contributed by atoms with Crippen LogP contribution in [0.5, 0.6) is 0 Å². The fourth-order valence-corrected chi connectivity index (χ4v) is 4.57. The van der Waals surface area contributed by atoms with Crippen molar-refractivity contribution in [3.05, 3.63) is 72.5 Å². The Morgan fingerprint density at radius 3 is 2.50 bits per heavy atom. The van der Waals surface area contributed by atoms with Crippen molar-refractivity contribution in [2.45, 2.75) is 32.6 Å². The summed E-state index contributed by atoms with van der Waals surface area (Å²) in [6.45, 7) is 4.09. The maximum Gasteiger partial charge on any atom is 0.332 e. The monoisotopic (exact) mass is 399 g/mol. The van der Waals surface area contributed by atoms with Crippen LogP contribution in [0.1, 0.15) is 43.7 Å². The lowest BCUT2D eigenvalue weighted by Gasteiger charge is -2.39. The Morgan fingerprint density at radius 2 is 1.82 bits per heavy atom. The van der Waals surface area contributed by atoms with E-state index in [9.17, 15) is 14.4 Å². The molecule has 0 spiro atoms. The van der Waals surface area contributed by atoms with Gasteiger partial charge in [0.15, 0.2) is 5.78 Å². The van der Waals surface area contributed by atoms with Crippen LogP contribution >= 0.6 is 11.6 Å². The average Bonchev–Trinajstić information content (AvgIpc) is 2.62. The van der Waals surface area contributed by atoms with Gasteiger partial charge in [0.25, 0.3) is 5.56 Å². The molecule has 6 nitrogen and oxygen atoms in total. The van der Waals surface area contributed by atoms with E-state index in [-0.39, 0.29) is 11.2 Å². The van der Waals surface area contributed by atoms with E-state index in [0.29, 0.717) is 34.8 Å². The number of carbonyl (C=O) groups excluding carboxylic acids is 1. The van der Waals surface area contributed by atoms with Crippen molar-refractivity contribution in [2.75, 3.05) is 5.32 Å². The lowest BCUT2D eigenvalue weighted by molar-refractivity contribution is -0.118. The summed E-state index contributed by atoms with van der Waals surface area (Å²) in [5, 5.41) is 3.78. The molecule has 2 heterocycles. The van der Waals surface area contributed by atoms with Crippen molar-refractivity contribution in [1.82, 2.24) is 9.13 Å². The number of anilines is 1. The topological polar surface area (TPSA) is 73.1 Å². The van der Waals surface area contributed by atoms with Gasteiger partial charge < -0.3 is 5.32 Å². The van der Waals surface area contributed by atoms with Crippen molar-refractivity contribution in [1.29, 1.82) is 0 Å². The highest BCUT2D eigenvalue weighted by atomic mass is 35.5. The van der Waals surface area contributed by atoms with E-state index >= 15 is 0 Å². The molecule has 2 aliphatic rings. The number of allylic oxidation sites excluding steroid dienone is 2. The van der Waals surface area contributed by atoms with Crippen LogP contribution < -0.4 is 16.6 Å². The van der Waals surface area contributed by atoms with Crippen molar-refractivity contribution < 1.29 is 4.79 Å². The fourth-order valence-electron chi connectivity index (χ4n) is 4.37. The molecular formula is C21H22ClN3O3. The first-order valence-corrected chi connectivity index (χ1v) is 9.57. The summed E-state index contributed by atoms with van der Waals surface area (Å²) < 4.78 is 2.52. The van der Waals surface area contributed by atoms with Crippen LogP contribution in [0, 0.1) is 5.41 Å². The predicted molar refractivity (Wildman–Crippen MR) is 109 cm³/mol. The summed E-state index contributed by atoms with van der Waals surface area (Å²) in [6, 6.07) is 7.22. The van der Waals surface area contributed by atoms with Crippen molar-refractivity contribution in [2.24, 2.45) is 19.5 Å². The zero-order valence-corrected chi connectivity index (χ0v) is 17.1. The second-order valence-corrected chi connectivity index (χ2v) is 8.85. The molecule has 0 radical (unpaired) electrons. The summed E-state index contributed by atoms with van der Waals surface area (Å²) in [7, 11) is 3.08. The van der Waals surface area contributed by atoms with Gasteiger partial charge in [-0.2, -0.15) is 0 Å². The number of hydrogen-bond acceptors (Lipinski definition) is 4. The molecule has 28 heavy (non-hydrogen) atoms. The number of rotatable bonds is 1. The van der Waals surface area contributed by atoms with Gasteiger partial charge in [0.2, 0.25) is 0 Å². The Morgan fingerprint density at radius 1 is 1.11 bits per heavy atom. The second kappa shape index (κ2) is 6.21. The van der Waals surface area contributed by atoms with Crippen LogP contribution in [0.15, 0.2) is 45.1 Å². The highest BCUT2D eigenvalue weighted by Gasteiger charge is 2.42. The molecule has 1 aromatic heterocycles. The minimum absolute atomic E-state index is 0.0188. The minimum Gasteiger partial charge on any atom is -0.344 e. The molecule has 0 saturated heterocycles. The number of nitrogens with one attached hydrogen (secondary N) is 1. The molecule has 1 atom stereocenters. The number of Topliss-reactive ketones (excluding diaryl/α,β-unsaturated/α-hetero) is 1. The van der Waals surface area contributed by atoms with E-state index in [4.69, 9.17) is 11.6 Å². The van der Waals surface area contributed by atoms with Gasteiger partial charge in [-0.05, 0) is 29.5 Å². The van der Waals surface area contributed by atoms with Crippen LogP contribution in [-0.4, -0.2) is 14.9 Å². The van der Waals surface area contributed by atoms with Gasteiger partial charge >= 0.3 is 5.69 Å². The highest BCUT2D eigenvalue weighted by Crippen LogP contribution is 2.47. The average molecular weight is 400 g/mol. The Balaban J connectivity index is 2.09. The Kier molecular flexibility index (Phi) is 4.16. The summed E-state index contributed by atoms with van der Waals surface area (Å²) in [4.78, 5) is 38.8. The maximum absolute atomic E-state index is 13.2. The summed E-state index contributed by atoms with van der Waals surface area (Å²) in [5.41, 5.74) is 1.54. The SMILES string of the molecule is Cn1c2c(c(=O)n(C)c1=O)[C@H](c1cccc(Cl)c1)C1=C(CC(C)(C)CC1=O)N2. The molecule has 0 bridgehead atoms. The van der Waals surface area contributed by atoms with E-state index in [0.717, 1.165) is 15.8 Å². The highest BCUT2D eigenvalue weighted by molar-refractivity contribution is 6.30. The smallest absolute Gasteiger partial charge is 0.332 e. The third-order valence-corrected chi connectivity index (χ3v) is 5.88. The largest absolute Gasteiger partial charge is 0.344 e. The Labute approximate surface area is 167 Å². The molecule has 0 amide bonds. The fraction of sp³-hybridized carbons (Fsp3) is 0.381. The van der Waals surface area contributed by atoms with Crippen molar-refractivity contribution >= 4 is 23.2 Å². The molecule has 1 aliphatic carbocycles. The molecule has 0 unspecified atom stereocenters. The van der Waals surface area contributed by atoms with E-state index in [1.54, 1.807) is 19.2 Å². The molecule has 1 aromatic carbocycles. The molecule has 2 aromatic rings. The number of halogens is 1. The summed E-state index contributed by atoms with van der Waals surface area (Å²) in [6.07, 6.45) is 1.07. The first kappa shape index (κ1) is 18.7. The van der Waals surface area contributed by atoms with E-state index in [2.05, 4.69) is 5.32 Å². The molecule has 0 fully saturated rings. The third-order valence-electron chi connectivity index (χ3n) is 5.65. The number of ketones is 1. The molecular weight excluding hydrogens is 378 g/mol. The molecule has 7 heteroatoms. The van der Waals surface area contributed by atoms with E-state index < -0.39 is 17.2 Å². The standard InChI is InChI=1S/C21H22ClN3O3/c1-21(2)9-13-16(14(26)10-21)15(11-6-5-7-12(22)8-11)17-18(23-13)24(3)20(28)25(4)19(17)27/h5-8,15,23H,9-10H2,1-4H3/t15-/m1/s1. The number of fused-ring (bicyclic) bond motifs is 1. The first-order chi connectivity index (χ1) is 13.1. The summed E-state index contributed by atoms with van der Waals surface area (Å²) >= 11 is 6.22. The van der Waals surface area contributed by atoms with Crippen molar-refractivity contribution in [3.8, 4) is 0 Å². The quantitative estimate of drug-likeness (QED) is 0.800. The molecule has 1 N–H and O–H groups in total. The summed E-state index contributed by atoms with van der Waals surface area (Å²) in [5.74, 6) is -0.0911. The van der Waals surface area contributed by atoms with E-state index in [1.807, 2.05) is 26.0 Å². The van der Waals surface area contributed by atoms with Crippen LogP contribution in [-0.2, 0) is 18.9 Å². The van der Waals surface area contributed by atoms with Gasteiger partial charge in [-0.25, -0.2) is 4.79 Å². The van der Waals surface area contributed by atoms with Crippen LogP contribution in [0.25, 0.3) is 0 Å². The number of hydrogen-bond donors (Lipinski definition) is 1. The van der Waals surface area contributed by atoms with Gasteiger partial charge in [0, 0.05) is 42.7 Å². The molecule has 146 valence electrons. The van der Waals surface area contributed by atoms with Gasteiger partial charge in [-0.1, -0.05) is 37.6 Å². The zero-order chi connectivity index (χ0) is 20.4. The number of carbonyl (C=O) groups is 1. The van der Waals surface area contributed by atoms with Crippen LogP contribution in [0.2, 0.25) is 5.02 Å². The van der Waals surface area contributed by atoms with Gasteiger partial charge in [0.1, 0.15) is 5.82 Å². The second-order valence-electron chi connectivity index (χ2n) is 8.41. The van der Waals surface area contributed by atoms with E-state index in [1.165, 1.54) is 11.6 Å². The maximum atomic E-state index is 13.2. The van der Waals surface area contributed by atoms with Crippen molar-refractivity contribution in [3.63, 3.8) is 0 Å². The molecule has 4 rings (SSSR count). The Bertz CT molecular complexity index is 1170. The Hall–Kier alpha value is -2.60. The first-order valence-electron chi connectivity index (χ1n) is 9.19. The number of aromatic nitrogens is 2. The van der Waals surface area contributed by atoms with Crippen LogP contribution in [0.3, 0.4) is 0 Å². The lowest BCUT2D eigenvalue weighted by Crippen LogP contribution is -2.45. The number of benzene rings is 1. The lowest BCUT2D eigenvalue weighted by atomic mass is 9.69. The van der Waals surface area contributed by atoms with Gasteiger partial charge in [-0.3, -0.25) is 18.7 Å². The predicted octanol–water partition coefficient (Wildman–Crippen LogP) is 2.94. The minimum atomic E-state index is -0.556. The normalized spacial score (nSPS) is 20.5. The zero-order valence-electron chi connectivity index (χ0n) is 16.3. The molecule has 0 saturated carbocycles. The van der Waals surface area contributed by atoms with Crippen LogP contribution in [0.4, 0.5) is 5.82 Å².